The average Bonchev–Trinajstić information content (AvgIpc) is 2.94. The lowest BCUT2D eigenvalue weighted by atomic mass is 9.96. The van der Waals surface area contributed by atoms with Crippen LogP contribution < -0.4 is 5.32 Å². The second-order valence-corrected chi connectivity index (χ2v) is 5.21. The Morgan fingerprint density at radius 3 is 2.50 bits per heavy atom. The monoisotopic (exact) mass is 296 g/mol. The van der Waals surface area contributed by atoms with Crippen LogP contribution in [0, 0.1) is 0 Å². The van der Waals surface area contributed by atoms with Crippen molar-refractivity contribution in [2.45, 2.75) is 32.1 Å². The maximum Gasteiger partial charge on any atom is 0.227 e. The van der Waals surface area contributed by atoms with Crippen molar-refractivity contribution in [1.82, 2.24) is 10.2 Å². The van der Waals surface area contributed by atoms with Gasteiger partial charge in [0.1, 0.15) is 0 Å². The molecule has 0 aliphatic carbocycles. The van der Waals surface area contributed by atoms with Crippen LogP contribution in [0.4, 0.5) is 0 Å². The van der Waals surface area contributed by atoms with E-state index >= 15 is 0 Å². The molecule has 0 aromatic heterocycles. The van der Waals surface area contributed by atoms with E-state index in [2.05, 4.69) is 17.1 Å². The molecule has 1 heterocycles. The lowest BCUT2D eigenvalue weighted by Crippen LogP contribution is -2.36. The summed E-state index contributed by atoms with van der Waals surface area (Å²) in [6, 6.07) is 10.1. The summed E-state index contributed by atoms with van der Waals surface area (Å²) in [4.78, 5) is 14.6. The molecule has 1 aliphatic heterocycles. The van der Waals surface area contributed by atoms with Crippen molar-refractivity contribution in [2.75, 3.05) is 26.2 Å². The van der Waals surface area contributed by atoms with Gasteiger partial charge in [-0.25, -0.2) is 0 Å². The van der Waals surface area contributed by atoms with Gasteiger partial charge in [-0.1, -0.05) is 37.3 Å². The maximum absolute atomic E-state index is 12.2. The first-order valence-corrected chi connectivity index (χ1v) is 7.36. The number of hydrogen-bond donors (Lipinski definition) is 1. The lowest BCUT2D eigenvalue weighted by molar-refractivity contribution is -0.122. The van der Waals surface area contributed by atoms with Crippen LogP contribution in [-0.4, -0.2) is 37.0 Å². The molecule has 4 heteroatoms. The molecule has 3 nitrogen and oxygen atoms in total. The molecule has 112 valence electrons. The molecule has 0 radical (unpaired) electrons. The predicted octanol–water partition coefficient (Wildman–Crippen LogP) is 2.81. The summed E-state index contributed by atoms with van der Waals surface area (Å²) >= 11 is 0. The third-order valence-corrected chi connectivity index (χ3v) is 3.85. The molecule has 1 atom stereocenters. The fraction of sp³-hybridized carbons (Fsp3) is 0.562. The van der Waals surface area contributed by atoms with Crippen LogP contribution >= 0.6 is 12.4 Å². The fourth-order valence-corrected chi connectivity index (χ4v) is 2.72. The van der Waals surface area contributed by atoms with Gasteiger partial charge in [0.05, 0.1) is 5.92 Å². The smallest absolute Gasteiger partial charge is 0.227 e. The number of hydrogen-bond acceptors (Lipinski definition) is 2. The Morgan fingerprint density at radius 1 is 1.25 bits per heavy atom. The van der Waals surface area contributed by atoms with Crippen LogP contribution in [0.1, 0.15) is 37.7 Å². The average molecular weight is 297 g/mol. The van der Waals surface area contributed by atoms with Gasteiger partial charge in [-0.2, -0.15) is 0 Å². The predicted molar refractivity (Wildman–Crippen MR) is 85.4 cm³/mol. The third kappa shape index (κ3) is 4.80. The normalized spacial score (nSPS) is 16.4. The Hall–Kier alpha value is -1.06. The highest BCUT2D eigenvalue weighted by Gasteiger charge is 2.18. The van der Waals surface area contributed by atoms with Gasteiger partial charge in [-0.05, 0) is 37.9 Å². The molecule has 20 heavy (non-hydrogen) atoms. The molecule has 1 saturated heterocycles. The minimum atomic E-state index is -0.0141. The van der Waals surface area contributed by atoms with Crippen LogP contribution in [0.3, 0.4) is 0 Å². The minimum Gasteiger partial charge on any atom is -0.354 e. The van der Waals surface area contributed by atoms with E-state index in [1.807, 2.05) is 30.3 Å². The van der Waals surface area contributed by atoms with Crippen molar-refractivity contribution in [3.05, 3.63) is 35.9 Å². The summed E-state index contributed by atoms with van der Waals surface area (Å²) in [7, 11) is 0. The van der Waals surface area contributed by atoms with Crippen molar-refractivity contribution in [2.24, 2.45) is 0 Å². The topological polar surface area (TPSA) is 32.3 Å². The number of amides is 1. The molecule has 1 amide bonds. The highest BCUT2D eigenvalue weighted by Crippen LogP contribution is 2.19. The van der Waals surface area contributed by atoms with Crippen molar-refractivity contribution in [3.8, 4) is 0 Å². The van der Waals surface area contributed by atoms with Gasteiger partial charge < -0.3 is 10.2 Å². The number of nitrogens with zero attached hydrogens (tertiary/aromatic N) is 1. The van der Waals surface area contributed by atoms with E-state index < -0.39 is 0 Å². The number of nitrogens with one attached hydrogen (secondary N) is 1. The molecule has 2 rings (SSSR count). The van der Waals surface area contributed by atoms with Gasteiger partial charge in [0.2, 0.25) is 5.91 Å². The number of carbonyl (C=O) groups excluding carboxylic acids is 1. The molecule has 1 N–H and O–H groups in total. The molecule has 1 aromatic carbocycles. The Morgan fingerprint density at radius 2 is 1.90 bits per heavy atom. The molecule has 0 spiro atoms. The van der Waals surface area contributed by atoms with E-state index in [1.54, 1.807) is 0 Å². The molecular weight excluding hydrogens is 272 g/mol. The number of rotatable bonds is 6. The zero-order valence-electron chi connectivity index (χ0n) is 12.2. The standard InChI is InChI=1S/C16H24N2O.ClH/c1-2-15(14-8-4-3-5-9-14)16(19)17-10-13-18-11-6-7-12-18;/h3-5,8-9,15H,2,6-7,10-13H2,1H3,(H,17,19);1H. The summed E-state index contributed by atoms with van der Waals surface area (Å²) in [6.45, 7) is 6.19. The maximum atomic E-state index is 12.2. The Balaban J connectivity index is 0.00000200. The number of carbonyl (C=O) groups is 1. The minimum absolute atomic E-state index is 0. The molecule has 1 aliphatic rings. The number of benzene rings is 1. The SMILES string of the molecule is CCC(C(=O)NCCN1CCCC1)c1ccccc1.Cl. The van der Waals surface area contributed by atoms with Crippen molar-refractivity contribution >= 4 is 18.3 Å². The number of likely N-dealkylation sites (tertiary alicyclic amines) is 1. The van der Waals surface area contributed by atoms with Crippen LogP contribution in [0.25, 0.3) is 0 Å². The third-order valence-electron chi connectivity index (χ3n) is 3.85. The van der Waals surface area contributed by atoms with E-state index in [0.717, 1.165) is 25.1 Å². The van der Waals surface area contributed by atoms with E-state index in [9.17, 15) is 4.79 Å². The first-order chi connectivity index (χ1) is 9.31. The largest absolute Gasteiger partial charge is 0.354 e. The molecule has 0 bridgehead atoms. The highest BCUT2D eigenvalue weighted by molar-refractivity contribution is 5.85. The van der Waals surface area contributed by atoms with Crippen LogP contribution in [0.5, 0.6) is 0 Å². The van der Waals surface area contributed by atoms with Crippen molar-refractivity contribution < 1.29 is 4.79 Å². The van der Waals surface area contributed by atoms with Gasteiger partial charge in [0.25, 0.3) is 0 Å². The van der Waals surface area contributed by atoms with E-state index in [0.29, 0.717) is 0 Å². The molecule has 1 fully saturated rings. The quantitative estimate of drug-likeness (QED) is 0.875. The van der Waals surface area contributed by atoms with E-state index in [1.165, 1.54) is 25.9 Å². The van der Waals surface area contributed by atoms with E-state index in [4.69, 9.17) is 0 Å². The first-order valence-electron chi connectivity index (χ1n) is 7.36. The molecule has 1 aromatic rings. The highest BCUT2D eigenvalue weighted by atomic mass is 35.5. The lowest BCUT2D eigenvalue weighted by Gasteiger charge is -2.18. The van der Waals surface area contributed by atoms with Gasteiger partial charge in [-0.15, -0.1) is 12.4 Å². The molecule has 1 unspecified atom stereocenters. The second-order valence-electron chi connectivity index (χ2n) is 5.21. The van der Waals surface area contributed by atoms with Gasteiger partial charge in [0, 0.05) is 13.1 Å². The molecule has 0 saturated carbocycles. The Kier molecular flexibility index (Phi) is 7.63. The summed E-state index contributed by atoms with van der Waals surface area (Å²) < 4.78 is 0. The van der Waals surface area contributed by atoms with Crippen LogP contribution in [-0.2, 0) is 4.79 Å². The second kappa shape index (κ2) is 8.98. The van der Waals surface area contributed by atoms with Crippen LogP contribution in [0.2, 0.25) is 0 Å². The zero-order valence-corrected chi connectivity index (χ0v) is 13.0. The summed E-state index contributed by atoms with van der Waals surface area (Å²) in [6.07, 6.45) is 3.45. The van der Waals surface area contributed by atoms with Gasteiger partial charge >= 0.3 is 0 Å². The summed E-state index contributed by atoms with van der Waals surface area (Å²) in [5, 5.41) is 3.08. The van der Waals surface area contributed by atoms with Crippen LogP contribution in [0.15, 0.2) is 30.3 Å². The summed E-state index contributed by atoms with van der Waals surface area (Å²) in [5.74, 6) is 0.146. The fourth-order valence-electron chi connectivity index (χ4n) is 2.72. The Bertz CT molecular complexity index is 391. The molecular formula is C16H25ClN2O. The Labute approximate surface area is 128 Å². The van der Waals surface area contributed by atoms with E-state index in [-0.39, 0.29) is 24.2 Å². The zero-order chi connectivity index (χ0) is 13.5. The van der Waals surface area contributed by atoms with Crippen molar-refractivity contribution in [3.63, 3.8) is 0 Å². The van der Waals surface area contributed by atoms with Gasteiger partial charge in [-0.3, -0.25) is 4.79 Å². The first kappa shape index (κ1) is 17.0. The summed E-state index contributed by atoms with van der Waals surface area (Å²) in [5.41, 5.74) is 1.11. The van der Waals surface area contributed by atoms with Gasteiger partial charge in [0.15, 0.2) is 0 Å². The van der Waals surface area contributed by atoms with Crippen molar-refractivity contribution in [1.29, 1.82) is 0 Å². The number of halogens is 1.